The highest BCUT2D eigenvalue weighted by Gasteiger charge is 2.42. The molecule has 0 N–H and O–H groups in total. The number of piperidine rings is 3. The van der Waals surface area contributed by atoms with Crippen molar-refractivity contribution in [1.29, 1.82) is 0 Å². The van der Waals surface area contributed by atoms with Gasteiger partial charge in [-0.15, -0.1) is 0 Å². The molecule has 0 aromatic carbocycles. The molecule has 4 saturated heterocycles. The summed E-state index contributed by atoms with van der Waals surface area (Å²) in [5.74, 6) is 1.07. The number of anilines is 2. The van der Waals surface area contributed by atoms with E-state index in [0.29, 0.717) is 19.1 Å². The normalized spacial score (nSPS) is 25.1. The van der Waals surface area contributed by atoms with E-state index in [-0.39, 0.29) is 5.92 Å². The minimum atomic E-state index is -0.418. The molecule has 30 heavy (non-hydrogen) atoms. The second kappa shape index (κ2) is 8.67. The molecule has 8 heteroatoms. The van der Waals surface area contributed by atoms with Gasteiger partial charge < -0.3 is 24.2 Å². The molecular weight excluding hydrogens is 382 g/mol. The summed E-state index contributed by atoms with van der Waals surface area (Å²) in [5.41, 5.74) is 1.13. The van der Waals surface area contributed by atoms with Crippen molar-refractivity contribution in [3.63, 3.8) is 0 Å². The van der Waals surface area contributed by atoms with Gasteiger partial charge in [0.05, 0.1) is 25.1 Å². The summed E-state index contributed by atoms with van der Waals surface area (Å²) in [6.07, 6.45) is 10.7. The van der Waals surface area contributed by atoms with Gasteiger partial charge in [0.1, 0.15) is 6.33 Å². The number of rotatable bonds is 3. The lowest BCUT2D eigenvalue weighted by Crippen LogP contribution is -2.50. The fraction of sp³-hybridized carbons (Fsp3) is 0.773. The van der Waals surface area contributed by atoms with Gasteiger partial charge in [0.2, 0.25) is 5.91 Å². The number of nitrogens with zero attached hydrogens (tertiary/aromatic N) is 5. The number of ether oxygens (including phenoxy) is 2. The fourth-order valence-corrected chi connectivity index (χ4v) is 5.37. The van der Waals surface area contributed by atoms with Gasteiger partial charge in [0.25, 0.3) is 0 Å². The van der Waals surface area contributed by atoms with Crippen molar-refractivity contribution in [3.05, 3.63) is 12.5 Å². The molecule has 1 aromatic heterocycles. The van der Waals surface area contributed by atoms with Crippen LogP contribution >= 0.6 is 0 Å². The van der Waals surface area contributed by atoms with Crippen molar-refractivity contribution in [3.8, 4) is 0 Å². The van der Waals surface area contributed by atoms with E-state index in [2.05, 4.69) is 19.8 Å². The molecular formula is C22H33N5O3. The second-order valence-corrected chi connectivity index (χ2v) is 8.97. The lowest BCUT2D eigenvalue weighted by Gasteiger charge is -2.41. The quantitative estimate of drug-likeness (QED) is 0.748. The molecule has 0 radical (unpaired) electrons. The first-order valence-electron chi connectivity index (χ1n) is 11.6. The number of hydrogen-bond acceptors (Lipinski definition) is 7. The summed E-state index contributed by atoms with van der Waals surface area (Å²) in [6, 6.07) is 0. The predicted octanol–water partition coefficient (Wildman–Crippen LogP) is 2.05. The Balaban J connectivity index is 1.17. The summed E-state index contributed by atoms with van der Waals surface area (Å²) in [4.78, 5) is 28.8. The molecule has 4 aliphatic rings. The Morgan fingerprint density at radius 1 is 0.933 bits per heavy atom. The van der Waals surface area contributed by atoms with Crippen LogP contribution in [0.2, 0.25) is 0 Å². The van der Waals surface area contributed by atoms with Crippen LogP contribution in [0, 0.1) is 5.92 Å². The minimum Gasteiger partial charge on any atom is -0.367 e. The van der Waals surface area contributed by atoms with E-state index in [4.69, 9.17) is 9.47 Å². The molecule has 0 aliphatic carbocycles. The number of amides is 1. The first-order valence-corrected chi connectivity index (χ1v) is 11.6. The van der Waals surface area contributed by atoms with Gasteiger partial charge in [0.15, 0.2) is 11.6 Å². The molecule has 1 aromatic rings. The molecule has 0 saturated carbocycles. The smallest absolute Gasteiger partial charge is 0.225 e. The summed E-state index contributed by atoms with van der Waals surface area (Å²) >= 11 is 0. The zero-order valence-electron chi connectivity index (χ0n) is 17.8. The molecule has 0 atom stereocenters. The van der Waals surface area contributed by atoms with Crippen LogP contribution in [-0.4, -0.2) is 79.0 Å². The molecule has 0 unspecified atom stereocenters. The topological polar surface area (TPSA) is 71.0 Å². The number of aromatic nitrogens is 2. The van der Waals surface area contributed by atoms with Gasteiger partial charge in [-0.25, -0.2) is 9.97 Å². The van der Waals surface area contributed by atoms with Crippen LogP contribution in [0.15, 0.2) is 12.5 Å². The molecule has 5 heterocycles. The summed E-state index contributed by atoms with van der Waals surface area (Å²) in [5, 5.41) is 0. The predicted molar refractivity (Wildman–Crippen MR) is 113 cm³/mol. The van der Waals surface area contributed by atoms with E-state index in [1.54, 1.807) is 6.33 Å². The maximum atomic E-state index is 13.1. The van der Waals surface area contributed by atoms with E-state index in [0.717, 1.165) is 76.5 Å². The van der Waals surface area contributed by atoms with E-state index >= 15 is 0 Å². The molecule has 0 bridgehead atoms. The highest BCUT2D eigenvalue weighted by molar-refractivity contribution is 5.79. The van der Waals surface area contributed by atoms with Crippen molar-refractivity contribution in [1.82, 2.24) is 14.9 Å². The van der Waals surface area contributed by atoms with Crippen LogP contribution in [0.4, 0.5) is 11.5 Å². The Morgan fingerprint density at radius 2 is 1.63 bits per heavy atom. The Kier molecular flexibility index (Phi) is 5.78. The van der Waals surface area contributed by atoms with E-state index < -0.39 is 5.79 Å². The first-order chi connectivity index (χ1) is 14.7. The van der Waals surface area contributed by atoms with Gasteiger partial charge in [-0.1, -0.05) is 0 Å². The molecule has 4 fully saturated rings. The van der Waals surface area contributed by atoms with E-state index in [1.807, 2.05) is 11.1 Å². The third kappa shape index (κ3) is 3.99. The molecule has 164 valence electrons. The van der Waals surface area contributed by atoms with Crippen molar-refractivity contribution < 1.29 is 14.3 Å². The van der Waals surface area contributed by atoms with Gasteiger partial charge >= 0.3 is 0 Å². The Bertz CT molecular complexity index is 730. The zero-order valence-corrected chi connectivity index (χ0v) is 17.8. The van der Waals surface area contributed by atoms with Crippen LogP contribution in [-0.2, 0) is 14.3 Å². The highest BCUT2D eigenvalue weighted by Crippen LogP contribution is 2.34. The molecule has 1 spiro atoms. The second-order valence-electron chi connectivity index (χ2n) is 8.97. The zero-order chi connectivity index (χ0) is 20.4. The van der Waals surface area contributed by atoms with Gasteiger partial charge in [-0.3, -0.25) is 4.79 Å². The standard InChI is InChI=1S/C22H33N5O3/c28-21(27-12-6-22(7-13-27)29-14-15-30-22)18-4-10-25(11-5-18)19-16-23-17-24-20(19)26-8-2-1-3-9-26/h16-18H,1-15H2. The number of hydrogen-bond donors (Lipinski definition) is 0. The van der Waals surface area contributed by atoms with Gasteiger partial charge in [-0.05, 0) is 32.1 Å². The van der Waals surface area contributed by atoms with Crippen LogP contribution in [0.25, 0.3) is 0 Å². The SMILES string of the molecule is O=C(C1CCN(c2cncnc2N2CCCCC2)CC1)N1CCC2(CC1)OCCO2. The Hall–Kier alpha value is -1.93. The highest BCUT2D eigenvalue weighted by atomic mass is 16.7. The summed E-state index contributed by atoms with van der Waals surface area (Å²) < 4.78 is 11.6. The average Bonchev–Trinajstić information content (AvgIpc) is 3.28. The number of carbonyl (C=O) groups excluding carboxylic acids is 1. The van der Waals surface area contributed by atoms with Crippen LogP contribution < -0.4 is 9.80 Å². The van der Waals surface area contributed by atoms with E-state index in [1.165, 1.54) is 19.3 Å². The third-order valence-electron chi connectivity index (χ3n) is 7.16. The van der Waals surface area contributed by atoms with Crippen LogP contribution in [0.1, 0.15) is 44.9 Å². The molecule has 5 rings (SSSR count). The third-order valence-corrected chi connectivity index (χ3v) is 7.16. The van der Waals surface area contributed by atoms with Crippen molar-refractivity contribution >= 4 is 17.4 Å². The van der Waals surface area contributed by atoms with Crippen LogP contribution in [0.3, 0.4) is 0 Å². The largest absolute Gasteiger partial charge is 0.367 e. The summed E-state index contributed by atoms with van der Waals surface area (Å²) in [6.45, 7) is 6.74. The molecule has 1 amide bonds. The fourth-order valence-electron chi connectivity index (χ4n) is 5.37. The molecule has 8 nitrogen and oxygen atoms in total. The van der Waals surface area contributed by atoms with Crippen molar-refractivity contribution in [2.45, 2.75) is 50.7 Å². The van der Waals surface area contributed by atoms with Crippen LogP contribution in [0.5, 0.6) is 0 Å². The summed E-state index contributed by atoms with van der Waals surface area (Å²) in [7, 11) is 0. The van der Waals surface area contributed by atoms with Crippen molar-refractivity contribution in [2.24, 2.45) is 5.92 Å². The monoisotopic (exact) mass is 415 g/mol. The Morgan fingerprint density at radius 3 is 2.33 bits per heavy atom. The van der Waals surface area contributed by atoms with E-state index in [9.17, 15) is 4.79 Å². The average molecular weight is 416 g/mol. The maximum absolute atomic E-state index is 13.1. The first kappa shape index (κ1) is 20.0. The Labute approximate surface area is 178 Å². The lowest BCUT2D eigenvalue weighted by molar-refractivity contribution is -0.188. The molecule has 4 aliphatic heterocycles. The number of likely N-dealkylation sites (tertiary alicyclic amines) is 1. The number of carbonyl (C=O) groups is 1. The van der Waals surface area contributed by atoms with Gasteiger partial charge in [-0.2, -0.15) is 0 Å². The van der Waals surface area contributed by atoms with Gasteiger partial charge in [0, 0.05) is 58.0 Å². The minimum absolute atomic E-state index is 0.115. The lowest BCUT2D eigenvalue weighted by atomic mass is 9.93. The van der Waals surface area contributed by atoms with Crippen molar-refractivity contribution in [2.75, 3.05) is 62.3 Å². The maximum Gasteiger partial charge on any atom is 0.225 e.